The van der Waals surface area contributed by atoms with Crippen LogP contribution in [0.3, 0.4) is 0 Å². The predicted molar refractivity (Wildman–Crippen MR) is 362 cm³/mol. The summed E-state index contributed by atoms with van der Waals surface area (Å²) in [5.41, 5.74) is 0. The standard InChI is InChI=1S/C77H128O6/c1-4-7-10-13-16-19-22-25-28-30-32-34-35-36-37-38-39-40-41-43-44-46-49-52-55-58-61-64-67-70-76(79)82-73-74(72-81-75(78)69-66-63-60-57-54-51-48-27-24-21-18-15-12-9-6-3)83-77(80)71-68-65-62-59-56-53-50-47-45-42-33-31-29-26-23-20-17-14-11-8-5-2/h8-9,11-12,17-18,20-22,25-27,29-30,32-33,42,48,54,57,63,66,74H,4-7,10,13-16,19,23-24,28,31,34-41,43-47,49-53,55-56,58-62,64-65,67-73H2,1-3H3/b11-8-,12-9-,20-17-,21-18-,25-22-,29-26-,32-30-,42-33-,48-27-,57-54-,66-63-. The summed E-state index contributed by atoms with van der Waals surface area (Å²) >= 11 is 0. The molecule has 0 aliphatic heterocycles. The van der Waals surface area contributed by atoms with Crippen molar-refractivity contribution < 1.29 is 28.6 Å². The van der Waals surface area contributed by atoms with Gasteiger partial charge in [-0.2, -0.15) is 0 Å². The molecule has 0 bridgehead atoms. The summed E-state index contributed by atoms with van der Waals surface area (Å²) in [6, 6.07) is 0. The Balaban J connectivity index is 4.35. The van der Waals surface area contributed by atoms with Crippen LogP contribution >= 0.6 is 0 Å². The molecule has 0 fully saturated rings. The van der Waals surface area contributed by atoms with Gasteiger partial charge in [0.2, 0.25) is 0 Å². The Morgan fingerprint density at radius 2 is 0.518 bits per heavy atom. The minimum atomic E-state index is -0.828. The lowest BCUT2D eigenvalue weighted by molar-refractivity contribution is -0.166. The van der Waals surface area contributed by atoms with Crippen molar-refractivity contribution in [2.75, 3.05) is 13.2 Å². The van der Waals surface area contributed by atoms with E-state index in [1.165, 1.54) is 167 Å². The maximum absolute atomic E-state index is 12.9. The molecule has 0 heterocycles. The van der Waals surface area contributed by atoms with Crippen molar-refractivity contribution in [2.24, 2.45) is 0 Å². The third-order valence-corrected chi connectivity index (χ3v) is 14.7. The van der Waals surface area contributed by atoms with E-state index in [0.29, 0.717) is 12.8 Å². The van der Waals surface area contributed by atoms with E-state index < -0.39 is 12.1 Å². The Labute approximate surface area is 513 Å². The van der Waals surface area contributed by atoms with E-state index in [0.717, 1.165) is 109 Å². The molecular formula is C77H128O6. The van der Waals surface area contributed by atoms with E-state index in [1.807, 2.05) is 6.08 Å². The molecule has 0 amide bonds. The number of esters is 3. The first-order valence-electron chi connectivity index (χ1n) is 34.7. The fourth-order valence-corrected chi connectivity index (χ4v) is 9.54. The lowest BCUT2D eigenvalue weighted by Gasteiger charge is -2.18. The Morgan fingerprint density at radius 3 is 0.843 bits per heavy atom. The fraction of sp³-hybridized carbons (Fsp3) is 0.675. The van der Waals surface area contributed by atoms with Crippen molar-refractivity contribution in [1.29, 1.82) is 0 Å². The van der Waals surface area contributed by atoms with Crippen LogP contribution in [-0.4, -0.2) is 37.2 Å². The van der Waals surface area contributed by atoms with Crippen molar-refractivity contribution in [3.05, 3.63) is 134 Å². The number of carbonyl (C=O) groups is 3. The lowest BCUT2D eigenvalue weighted by Crippen LogP contribution is -2.30. The molecule has 0 spiro atoms. The molecule has 0 radical (unpaired) electrons. The second kappa shape index (κ2) is 70.0. The smallest absolute Gasteiger partial charge is 0.309 e. The molecule has 0 saturated heterocycles. The molecule has 6 nitrogen and oxygen atoms in total. The summed E-state index contributed by atoms with van der Waals surface area (Å²) < 4.78 is 16.9. The second-order valence-electron chi connectivity index (χ2n) is 22.7. The average molecular weight is 1150 g/mol. The van der Waals surface area contributed by atoms with Gasteiger partial charge in [-0.15, -0.1) is 0 Å². The normalized spacial score (nSPS) is 13.0. The first-order valence-corrected chi connectivity index (χ1v) is 34.7. The van der Waals surface area contributed by atoms with Gasteiger partial charge in [0.25, 0.3) is 0 Å². The highest BCUT2D eigenvalue weighted by Crippen LogP contribution is 2.17. The molecule has 83 heavy (non-hydrogen) atoms. The first kappa shape index (κ1) is 78.5. The van der Waals surface area contributed by atoms with Gasteiger partial charge in [-0.25, -0.2) is 0 Å². The van der Waals surface area contributed by atoms with E-state index in [-0.39, 0.29) is 31.6 Å². The molecule has 1 unspecified atom stereocenters. The maximum Gasteiger partial charge on any atom is 0.309 e. The van der Waals surface area contributed by atoms with Crippen molar-refractivity contribution in [1.82, 2.24) is 0 Å². The average Bonchev–Trinajstić information content (AvgIpc) is 3.49. The zero-order chi connectivity index (χ0) is 59.9. The summed E-state index contributed by atoms with van der Waals surface area (Å²) in [6.07, 6.45) is 99.3. The van der Waals surface area contributed by atoms with Crippen LogP contribution in [0.2, 0.25) is 0 Å². The highest BCUT2D eigenvalue weighted by atomic mass is 16.6. The lowest BCUT2D eigenvalue weighted by atomic mass is 10.0. The monoisotopic (exact) mass is 1150 g/mol. The number of unbranched alkanes of at least 4 members (excludes halogenated alkanes) is 30. The summed E-state index contributed by atoms with van der Waals surface area (Å²) in [5, 5.41) is 0. The van der Waals surface area contributed by atoms with Crippen LogP contribution in [0.25, 0.3) is 0 Å². The van der Waals surface area contributed by atoms with Gasteiger partial charge in [0, 0.05) is 12.8 Å². The van der Waals surface area contributed by atoms with Crippen LogP contribution in [0, 0.1) is 0 Å². The number of hydrogen-bond donors (Lipinski definition) is 0. The van der Waals surface area contributed by atoms with Crippen LogP contribution in [0.1, 0.15) is 316 Å². The van der Waals surface area contributed by atoms with Gasteiger partial charge in [-0.1, -0.05) is 315 Å². The zero-order valence-corrected chi connectivity index (χ0v) is 54.2. The third kappa shape index (κ3) is 68.2. The quantitative estimate of drug-likeness (QED) is 0.0261. The molecule has 472 valence electrons. The highest BCUT2D eigenvalue weighted by Gasteiger charge is 2.19. The molecule has 0 saturated carbocycles. The molecule has 0 rings (SSSR count). The highest BCUT2D eigenvalue weighted by molar-refractivity contribution is 5.72. The van der Waals surface area contributed by atoms with E-state index in [9.17, 15) is 14.4 Å². The van der Waals surface area contributed by atoms with Crippen LogP contribution in [-0.2, 0) is 28.6 Å². The zero-order valence-electron chi connectivity index (χ0n) is 54.2. The molecule has 1 atom stereocenters. The van der Waals surface area contributed by atoms with E-state index >= 15 is 0 Å². The Bertz CT molecular complexity index is 1750. The maximum atomic E-state index is 12.9. The molecular weight excluding hydrogens is 1020 g/mol. The van der Waals surface area contributed by atoms with Crippen LogP contribution in [0.4, 0.5) is 0 Å². The summed E-state index contributed by atoms with van der Waals surface area (Å²) in [5.74, 6) is -1.05. The van der Waals surface area contributed by atoms with Gasteiger partial charge in [-0.05, 0) is 116 Å². The Kier molecular flexibility index (Phi) is 66.3. The molecule has 0 aromatic heterocycles. The summed E-state index contributed by atoms with van der Waals surface area (Å²) in [6.45, 7) is 6.33. The molecule has 0 aromatic carbocycles. The van der Waals surface area contributed by atoms with Crippen molar-refractivity contribution in [2.45, 2.75) is 322 Å². The van der Waals surface area contributed by atoms with Crippen molar-refractivity contribution >= 4 is 17.9 Å². The summed E-state index contributed by atoms with van der Waals surface area (Å²) in [4.78, 5) is 38.4. The number of rotatable bonds is 62. The van der Waals surface area contributed by atoms with Gasteiger partial charge >= 0.3 is 17.9 Å². The van der Waals surface area contributed by atoms with Crippen LogP contribution < -0.4 is 0 Å². The van der Waals surface area contributed by atoms with Gasteiger partial charge in [0.05, 0.1) is 6.42 Å². The number of carbonyl (C=O) groups excluding carboxylic acids is 3. The molecule has 0 N–H and O–H groups in total. The predicted octanol–water partition coefficient (Wildman–Crippen LogP) is 24.1. The first-order chi connectivity index (χ1) is 41.0. The molecule has 0 aliphatic carbocycles. The van der Waals surface area contributed by atoms with Crippen molar-refractivity contribution in [3.63, 3.8) is 0 Å². The Hall–Kier alpha value is -4.45. The molecule has 0 aromatic rings. The number of allylic oxidation sites excluding steroid dienone is 21. The minimum Gasteiger partial charge on any atom is -0.462 e. The fourth-order valence-electron chi connectivity index (χ4n) is 9.54. The largest absolute Gasteiger partial charge is 0.462 e. The third-order valence-electron chi connectivity index (χ3n) is 14.7. The molecule has 6 heteroatoms. The van der Waals surface area contributed by atoms with E-state index in [2.05, 4.69) is 142 Å². The van der Waals surface area contributed by atoms with Crippen molar-refractivity contribution in [3.8, 4) is 0 Å². The summed E-state index contributed by atoms with van der Waals surface area (Å²) in [7, 11) is 0. The van der Waals surface area contributed by atoms with E-state index in [1.54, 1.807) is 6.08 Å². The topological polar surface area (TPSA) is 78.9 Å². The van der Waals surface area contributed by atoms with Gasteiger partial charge in [-0.3, -0.25) is 14.4 Å². The number of ether oxygens (including phenoxy) is 3. The SMILES string of the molecule is CC/C=C\C/C=C\C/C=C\C/C=C\C/C=C\CC(=O)OCC(COC(=O)CCCCCCCCCCCCCCCCCCC/C=C\C/C=C\CCCCCCC)OC(=O)CCCCCCCCCC/C=C\C/C=C\C/C=C\C/C=C\CC. The van der Waals surface area contributed by atoms with Gasteiger partial charge in [0.15, 0.2) is 6.10 Å². The molecule has 0 aliphatic rings. The van der Waals surface area contributed by atoms with E-state index in [4.69, 9.17) is 14.2 Å². The Morgan fingerprint density at radius 1 is 0.265 bits per heavy atom. The van der Waals surface area contributed by atoms with Crippen LogP contribution in [0.5, 0.6) is 0 Å². The number of hydrogen-bond acceptors (Lipinski definition) is 6. The van der Waals surface area contributed by atoms with Gasteiger partial charge in [0.1, 0.15) is 13.2 Å². The van der Waals surface area contributed by atoms with Crippen LogP contribution in [0.15, 0.2) is 134 Å². The minimum absolute atomic E-state index is 0.113. The van der Waals surface area contributed by atoms with Gasteiger partial charge < -0.3 is 14.2 Å². The second-order valence-corrected chi connectivity index (χ2v) is 22.7.